The lowest BCUT2D eigenvalue weighted by atomic mass is 9.85. The van der Waals surface area contributed by atoms with E-state index in [9.17, 15) is 4.79 Å². The van der Waals surface area contributed by atoms with Gasteiger partial charge < -0.3 is 5.11 Å². The molecule has 17 heavy (non-hydrogen) atoms. The largest absolute Gasteiger partial charge is 0.478 e. The number of aliphatic carboxylic acids is 1. The van der Waals surface area contributed by atoms with E-state index in [1.807, 2.05) is 26.0 Å². The van der Waals surface area contributed by atoms with Crippen molar-refractivity contribution in [2.75, 3.05) is 19.6 Å². The summed E-state index contributed by atoms with van der Waals surface area (Å²) in [5, 5.41) is 8.84. The molecule has 0 saturated carbocycles. The van der Waals surface area contributed by atoms with Gasteiger partial charge in [0, 0.05) is 25.2 Å². The van der Waals surface area contributed by atoms with Crippen molar-refractivity contribution in [1.82, 2.24) is 4.90 Å². The molecule has 0 amide bonds. The molecule has 0 aliphatic rings. The third-order valence-corrected chi connectivity index (χ3v) is 2.42. The quantitative estimate of drug-likeness (QED) is 0.495. The Kier molecular flexibility index (Phi) is 6.51. The van der Waals surface area contributed by atoms with Gasteiger partial charge in [-0.25, -0.2) is 4.79 Å². The molecule has 0 fully saturated rings. The highest BCUT2D eigenvalue weighted by Gasteiger charge is 2.24. The second-order valence-corrected chi connectivity index (χ2v) is 5.02. The van der Waals surface area contributed by atoms with Crippen molar-refractivity contribution < 1.29 is 9.90 Å². The number of hydrogen-bond acceptors (Lipinski definition) is 2. The standard InChI is InChI=1S/C14H23NO2/c1-6-8-15(9-7-2)11-14(4,5)10-12(3)13(16)17/h6-7H,1-3,8-11H2,4-5H3,(H,16,17). The summed E-state index contributed by atoms with van der Waals surface area (Å²) in [4.78, 5) is 12.9. The maximum Gasteiger partial charge on any atom is 0.330 e. The number of carboxylic acid groups (broad SMARTS) is 1. The Hall–Kier alpha value is -1.35. The van der Waals surface area contributed by atoms with Crippen LogP contribution in [0.5, 0.6) is 0 Å². The van der Waals surface area contributed by atoms with Gasteiger partial charge in [-0.1, -0.05) is 32.6 Å². The summed E-state index contributed by atoms with van der Waals surface area (Å²) in [6, 6.07) is 0. The van der Waals surface area contributed by atoms with E-state index in [-0.39, 0.29) is 11.0 Å². The van der Waals surface area contributed by atoms with Crippen molar-refractivity contribution in [3.8, 4) is 0 Å². The lowest BCUT2D eigenvalue weighted by Gasteiger charge is -2.31. The first-order chi connectivity index (χ1) is 7.82. The number of carboxylic acids is 1. The molecule has 0 aliphatic carbocycles. The Morgan fingerprint density at radius 3 is 2.12 bits per heavy atom. The summed E-state index contributed by atoms with van der Waals surface area (Å²) in [6.45, 7) is 17.4. The van der Waals surface area contributed by atoms with Crippen molar-refractivity contribution in [2.24, 2.45) is 5.41 Å². The van der Waals surface area contributed by atoms with E-state index in [0.717, 1.165) is 19.6 Å². The highest BCUT2D eigenvalue weighted by atomic mass is 16.4. The molecular formula is C14H23NO2. The van der Waals surface area contributed by atoms with Gasteiger partial charge >= 0.3 is 5.97 Å². The predicted molar refractivity (Wildman–Crippen MR) is 72.0 cm³/mol. The molecule has 0 unspecified atom stereocenters. The van der Waals surface area contributed by atoms with Gasteiger partial charge in [-0.05, 0) is 11.8 Å². The van der Waals surface area contributed by atoms with E-state index in [0.29, 0.717) is 6.42 Å². The predicted octanol–water partition coefficient (Wildman–Crippen LogP) is 2.72. The van der Waals surface area contributed by atoms with E-state index >= 15 is 0 Å². The molecule has 0 heterocycles. The van der Waals surface area contributed by atoms with Crippen LogP contribution in [0.15, 0.2) is 37.5 Å². The Balaban J connectivity index is 4.47. The molecule has 0 aromatic heterocycles. The Morgan fingerprint density at radius 1 is 1.29 bits per heavy atom. The van der Waals surface area contributed by atoms with Crippen LogP contribution in [-0.2, 0) is 4.79 Å². The van der Waals surface area contributed by atoms with Gasteiger partial charge in [-0.15, -0.1) is 13.2 Å². The Morgan fingerprint density at radius 2 is 1.76 bits per heavy atom. The minimum absolute atomic E-state index is 0.124. The molecule has 0 radical (unpaired) electrons. The first kappa shape index (κ1) is 15.7. The van der Waals surface area contributed by atoms with Gasteiger partial charge in [0.05, 0.1) is 0 Å². The number of nitrogens with zero attached hydrogens (tertiary/aromatic N) is 1. The topological polar surface area (TPSA) is 40.5 Å². The van der Waals surface area contributed by atoms with Gasteiger partial charge in [-0.3, -0.25) is 4.90 Å². The molecule has 0 aromatic rings. The minimum Gasteiger partial charge on any atom is -0.478 e. The van der Waals surface area contributed by atoms with Crippen molar-refractivity contribution in [3.05, 3.63) is 37.5 Å². The van der Waals surface area contributed by atoms with Crippen LogP contribution in [0.25, 0.3) is 0 Å². The molecule has 0 atom stereocenters. The molecule has 0 aromatic carbocycles. The van der Waals surface area contributed by atoms with Crippen LogP contribution in [0.3, 0.4) is 0 Å². The second kappa shape index (κ2) is 7.07. The molecule has 96 valence electrons. The molecule has 1 N–H and O–H groups in total. The zero-order chi connectivity index (χ0) is 13.5. The molecule has 0 spiro atoms. The molecule has 3 heteroatoms. The van der Waals surface area contributed by atoms with Crippen LogP contribution in [0.1, 0.15) is 20.3 Å². The molecule has 0 bridgehead atoms. The third kappa shape index (κ3) is 6.74. The summed E-state index contributed by atoms with van der Waals surface area (Å²) in [5.74, 6) is -0.919. The van der Waals surface area contributed by atoms with Gasteiger partial charge in [0.2, 0.25) is 0 Å². The Labute approximate surface area is 104 Å². The fraction of sp³-hybridized carbons (Fsp3) is 0.500. The van der Waals surface area contributed by atoms with E-state index in [4.69, 9.17) is 5.11 Å². The third-order valence-electron chi connectivity index (χ3n) is 2.42. The minimum atomic E-state index is -0.919. The van der Waals surface area contributed by atoms with Crippen molar-refractivity contribution >= 4 is 5.97 Å². The van der Waals surface area contributed by atoms with Gasteiger partial charge in [0.15, 0.2) is 0 Å². The van der Waals surface area contributed by atoms with Crippen LogP contribution >= 0.6 is 0 Å². The first-order valence-electron chi connectivity index (χ1n) is 5.67. The fourth-order valence-corrected chi connectivity index (χ4v) is 1.88. The van der Waals surface area contributed by atoms with Crippen molar-refractivity contribution in [3.63, 3.8) is 0 Å². The fourth-order valence-electron chi connectivity index (χ4n) is 1.88. The van der Waals surface area contributed by atoms with E-state index in [1.165, 1.54) is 0 Å². The van der Waals surface area contributed by atoms with Crippen LogP contribution in [0, 0.1) is 5.41 Å². The van der Waals surface area contributed by atoms with Crippen molar-refractivity contribution in [2.45, 2.75) is 20.3 Å². The smallest absolute Gasteiger partial charge is 0.330 e. The van der Waals surface area contributed by atoms with Crippen LogP contribution in [0.2, 0.25) is 0 Å². The SMILES string of the molecule is C=CCN(CC=C)CC(C)(C)CC(=C)C(=O)O. The number of hydrogen-bond donors (Lipinski definition) is 1. The lowest BCUT2D eigenvalue weighted by molar-refractivity contribution is -0.133. The summed E-state index contributed by atoms with van der Waals surface area (Å²) in [5.41, 5.74) is 0.133. The van der Waals surface area contributed by atoms with E-state index in [1.54, 1.807) is 0 Å². The Bertz CT molecular complexity index is 295. The zero-order valence-corrected chi connectivity index (χ0v) is 10.9. The van der Waals surface area contributed by atoms with Gasteiger partial charge in [0.1, 0.15) is 0 Å². The van der Waals surface area contributed by atoms with E-state index in [2.05, 4.69) is 24.6 Å². The first-order valence-corrected chi connectivity index (χ1v) is 5.67. The maximum atomic E-state index is 10.8. The highest BCUT2D eigenvalue weighted by Crippen LogP contribution is 2.25. The summed E-state index contributed by atoms with van der Waals surface area (Å²) in [6.07, 6.45) is 4.16. The average Bonchev–Trinajstić information content (AvgIpc) is 2.16. The summed E-state index contributed by atoms with van der Waals surface area (Å²) < 4.78 is 0. The molecule has 0 rings (SSSR count). The second-order valence-electron chi connectivity index (χ2n) is 5.02. The lowest BCUT2D eigenvalue weighted by Crippen LogP contribution is -2.35. The monoisotopic (exact) mass is 237 g/mol. The molecule has 0 aliphatic heterocycles. The summed E-state index contributed by atoms with van der Waals surface area (Å²) in [7, 11) is 0. The maximum absolute atomic E-state index is 10.8. The van der Waals surface area contributed by atoms with E-state index < -0.39 is 5.97 Å². The highest BCUT2D eigenvalue weighted by molar-refractivity contribution is 5.85. The average molecular weight is 237 g/mol. The number of rotatable bonds is 9. The van der Waals surface area contributed by atoms with Crippen LogP contribution < -0.4 is 0 Å². The normalized spacial score (nSPS) is 11.2. The zero-order valence-electron chi connectivity index (χ0n) is 10.9. The van der Waals surface area contributed by atoms with Crippen LogP contribution in [0.4, 0.5) is 0 Å². The van der Waals surface area contributed by atoms with Gasteiger partial charge in [0.25, 0.3) is 0 Å². The number of carbonyl (C=O) groups is 1. The van der Waals surface area contributed by atoms with Crippen LogP contribution in [-0.4, -0.2) is 35.6 Å². The van der Waals surface area contributed by atoms with Gasteiger partial charge in [-0.2, -0.15) is 0 Å². The van der Waals surface area contributed by atoms with Crippen molar-refractivity contribution in [1.29, 1.82) is 0 Å². The molecule has 0 saturated heterocycles. The summed E-state index contributed by atoms with van der Waals surface area (Å²) >= 11 is 0. The molecule has 3 nitrogen and oxygen atoms in total. The molecular weight excluding hydrogens is 214 g/mol.